The largest absolute Gasteiger partial charge is 0.318 e. The SMILES string of the molecule is O=C1CCC(=O)N1OS(=O)(=O)c1ccc(S(=O)(=O)ON2C(=O)CCC2=O)cc1. The fraction of sp³-hybridized carbons (Fsp3) is 0.286. The zero-order chi connectivity index (χ0) is 20.7. The van der Waals surface area contributed by atoms with Gasteiger partial charge in [0.25, 0.3) is 23.6 Å². The van der Waals surface area contributed by atoms with E-state index in [0.717, 1.165) is 24.3 Å². The first-order valence-corrected chi connectivity index (χ1v) is 10.5. The number of nitrogens with zero attached hydrogens (tertiary/aromatic N) is 2. The van der Waals surface area contributed by atoms with Crippen LogP contribution in [0.15, 0.2) is 34.1 Å². The third-order valence-corrected chi connectivity index (χ3v) is 6.15. The van der Waals surface area contributed by atoms with Crippen LogP contribution < -0.4 is 0 Å². The van der Waals surface area contributed by atoms with E-state index in [0.29, 0.717) is 0 Å². The van der Waals surface area contributed by atoms with Gasteiger partial charge in [-0.15, -0.1) is 18.7 Å². The molecule has 1 aromatic rings. The first-order chi connectivity index (χ1) is 13.0. The molecular formula is C14H12N2O10S2. The highest BCUT2D eigenvalue weighted by molar-refractivity contribution is 7.87. The van der Waals surface area contributed by atoms with Crippen LogP contribution in [0, 0.1) is 0 Å². The molecule has 0 aromatic heterocycles. The smallest absolute Gasteiger partial charge is 0.272 e. The van der Waals surface area contributed by atoms with Gasteiger partial charge in [-0.3, -0.25) is 19.2 Å². The van der Waals surface area contributed by atoms with Crippen LogP contribution in [0.5, 0.6) is 0 Å². The van der Waals surface area contributed by atoms with Crippen LogP contribution in [-0.2, 0) is 48.0 Å². The lowest BCUT2D eigenvalue weighted by atomic mass is 10.4. The maximum Gasteiger partial charge on any atom is 0.318 e. The molecule has 28 heavy (non-hydrogen) atoms. The molecule has 2 aliphatic heterocycles. The number of amides is 4. The lowest BCUT2D eigenvalue weighted by Gasteiger charge is -2.14. The predicted octanol–water partition coefficient (Wildman–Crippen LogP) is -0.775. The Labute approximate surface area is 158 Å². The molecule has 0 atom stereocenters. The van der Waals surface area contributed by atoms with Gasteiger partial charge in [0.1, 0.15) is 0 Å². The Morgan fingerprint density at radius 3 is 1.07 bits per heavy atom. The quantitative estimate of drug-likeness (QED) is 0.522. The summed E-state index contributed by atoms with van der Waals surface area (Å²) in [6.07, 6.45) is -0.735. The summed E-state index contributed by atoms with van der Waals surface area (Å²) in [7, 11) is -9.16. The number of carbonyl (C=O) groups excluding carboxylic acids is 4. The van der Waals surface area contributed by atoms with Crippen LogP contribution in [0.3, 0.4) is 0 Å². The van der Waals surface area contributed by atoms with E-state index in [4.69, 9.17) is 0 Å². The molecule has 0 unspecified atom stereocenters. The molecular weight excluding hydrogens is 420 g/mol. The minimum atomic E-state index is -4.58. The molecule has 1 aromatic carbocycles. The van der Waals surface area contributed by atoms with Crippen molar-refractivity contribution in [2.45, 2.75) is 35.5 Å². The molecule has 0 aliphatic carbocycles. The van der Waals surface area contributed by atoms with Crippen molar-refractivity contribution in [2.75, 3.05) is 0 Å². The standard InChI is InChI=1S/C14H12N2O10S2/c17-11-5-6-12(18)15(11)25-27(21,22)9-1-2-10(4-3-9)28(23,24)26-16-13(19)7-8-14(16)20/h1-4H,5-8H2. The molecule has 0 saturated carbocycles. The number of carbonyl (C=O) groups is 4. The molecule has 2 heterocycles. The second-order valence-electron chi connectivity index (χ2n) is 5.69. The summed E-state index contributed by atoms with van der Waals surface area (Å²) >= 11 is 0. The zero-order valence-corrected chi connectivity index (χ0v) is 15.6. The fourth-order valence-corrected chi connectivity index (χ4v) is 4.17. The van der Waals surface area contributed by atoms with Gasteiger partial charge in [0.05, 0.1) is 9.79 Å². The number of hydrogen-bond donors (Lipinski definition) is 0. The van der Waals surface area contributed by atoms with Crippen molar-refractivity contribution in [1.29, 1.82) is 0 Å². The number of rotatable bonds is 6. The third-order valence-electron chi connectivity index (χ3n) is 3.76. The Bertz CT molecular complexity index is 957. The van der Waals surface area contributed by atoms with Gasteiger partial charge in [-0.25, -0.2) is 0 Å². The number of hydrogen-bond acceptors (Lipinski definition) is 10. The second kappa shape index (κ2) is 7.05. The number of imide groups is 2. The summed E-state index contributed by atoms with van der Waals surface area (Å²) in [5.41, 5.74) is 0. The van der Waals surface area contributed by atoms with Crippen LogP contribution in [0.1, 0.15) is 25.7 Å². The molecule has 2 aliphatic rings. The van der Waals surface area contributed by atoms with Crippen LogP contribution >= 0.6 is 0 Å². The normalized spacial score (nSPS) is 18.4. The molecule has 14 heteroatoms. The highest BCUT2D eigenvalue weighted by Gasteiger charge is 2.36. The predicted molar refractivity (Wildman–Crippen MR) is 85.2 cm³/mol. The van der Waals surface area contributed by atoms with Crippen molar-refractivity contribution < 1.29 is 44.6 Å². The number of hydroxylamine groups is 4. The second-order valence-corrected chi connectivity index (χ2v) is 8.75. The molecule has 0 N–H and O–H groups in total. The van der Waals surface area contributed by atoms with Crippen LogP contribution in [-0.4, -0.2) is 50.6 Å². The van der Waals surface area contributed by atoms with Crippen molar-refractivity contribution in [1.82, 2.24) is 10.1 Å². The summed E-state index contributed by atoms with van der Waals surface area (Å²) < 4.78 is 57.6. The molecule has 3 rings (SSSR count). The fourth-order valence-electron chi connectivity index (χ4n) is 2.33. The van der Waals surface area contributed by atoms with Crippen molar-refractivity contribution in [3.63, 3.8) is 0 Å². The van der Waals surface area contributed by atoms with Crippen molar-refractivity contribution >= 4 is 43.9 Å². The lowest BCUT2D eigenvalue weighted by molar-refractivity contribution is -0.164. The van der Waals surface area contributed by atoms with Gasteiger partial charge in [0.15, 0.2) is 0 Å². The average Bonchev–Trinajstić information content (AvgIpc) is 3.11. The first kappa shape index (κ1) is 20.1. The van der Waals surface area contributed by atoms with Gasteiger partial charge >= 0.3 is 20.2 Å². The summed E-state index contributed by atoms with van der Waals surface area (Å²) in [6.45, 7) is 0. The molecule has 0 spiro atoms. The van der Waals surface area contributed by atoms with E-state index in [1.165, 1.54) is 0 Å². The molecule has 150 valence electrons. The number of benzene rings is 1. The van der Waals surface area contributed by atoms with Crippen molar-refractivity contribution in [3.8, 4) is 0 Å². The van der Waals surface area contributed by atoms with E-state index in [9.17, 15) is 36.0 Å². The summed E-state index contributed by atoms with van der Waals surface area (Å²) in [5.74, 6) is -3.27. The van der Waals surface area contributed by atoms with Gasteiger partial charge in [0, 0.05) is 25.7 Å². The van der Waals surface area contributed by atoms with Crippen LogP contribution in [0.4, 0.5) is 0 Å². The zero-order valence-electron chi connectivity index (χ0n) is 13.9. The van der Waals surface area contributed by atoms with E-state index in [1.54, 1.807) is 0 Å². The van der Waals surface area contributed by atoms with E-state index in [2.05, 4.69) is 8.57 Å². The maximum atomic E-state index is 12.2. The average molecular weight is 432 g/mol. The molecule has 12 nitrogen and oxygen atoms in total. The Balaban J connectivity index is 1.79. The van der Waals surface area contributed by atoms with Crippen molar-refractivity contribution in [3.05, 3.63) is 24.3 Å². The minimum Gasteiger partial charge on any atom is -0.272 e. The lowest BCUT2D eigenvalue weighted by Crippen LogP contribution is -2.32. The van der Waals surface area contributed by atoms with E-state index in [-0.39, 0.29) is 35.8 Å². The van der Waals surface area contributed by atoms with Crippen molar-refractivity contribution in [2.24, 2.45) is 0 Å². The topological polar surface area (TPSA) is 161 Å². The monoisotopic (exact) mass is 432 g/mol. The Kier molecular flexibility index (Phi) is 5.05. The highest BCUT2D eigenvalue weighted by Crippen LogP contribution is 2.23. The van der Waals surface area contributed by atoms with Gasteiger partial charge in [-0.05, 0) is 24.3 Å². The van der Waals surface area contributed by atoms with Gasteiger partial charge in [-0.1, -0.05) is 0 Å². The first-order valence-electron chi connectivity index (χ1n) is 7.72. The molecule has 4 amide bonds. The Morgan fingerprint density at radius 2 is 0.821 bits per heavy atom. The van der Waals surface area contributed by atoms with Gasteiger partial charge in [-0.2, -0.15) is 16.8 Å². The maximum absolute atomic E-state index is 12.2. The van der Waals surface area contributed by atoms with E-state index in [1.807, 2.05) is 0 Å². The van der Waals surface area contributed by atoms with E-state index < -0.39 is 53.7 Å². The molecule has 0 radical (unpaired) electrons. The molecule has 0 bridgehead atoms. The Hall–Kier alpha value is -2.68. The van der Waals surface area contributed by atoms with Crippen LogP contribution in [0.25, 0.3) is 0 Å². The molecule has 2 saturated heterocycles. The third kappa shape index (κ3) is 3.80. The Morgan fingerprint density at radius 1 is 0.571 bits per heavy atom. The summed E-state index contributed by atoms with van der Waals surface area (Å²) in [6, 6.07) is 3.35. The van der Waals surface area contributed by atoms with Crippen LogP contribution in [0.2, 0.25) is 0 Å². The van der Waals surface area contributed by atoms with E-state index >= 15 is 0 Å². The summed E-state index contributed by atoms with van der Waals surface area (Å²) in [5, 5.41) is 0.265. The summed E-state index contributed by atoms with van der Waals surface area (Å²) in [4.78, 5) is 44.8. The molecule has 2 fully saturated rings. The van der Waals surface area contributed by atoms with Gasteiger partial charge in [0.2, 0.25) is 0 Å². The minimum absolute atomic E-state index is 0.133. The van der Waals surface area contributed by atoms with Gasteiger partial charge < -0.3 is 0 Å². The highest BCUT2D eigenvalue weighted by atomic mass is 32.2.